The summed E-state index contributed by atoms with van der Waals surface area (Å²) in [6.07, 6.45) is 2.04. The van der Waals surface area contributed by atoms with E-state index in [0.29, 0.717) is 25.3 Å². The first kappa shape index (κ1) is 20.0. The number of carbonyl (C=O) groups is 2. The second-order valence-corrected chi connectivity index (χ2v) is 7.04. The molecule has 1 heterocycles. The topological polar surface area (TPSA) is 66.8 Å². The van der Waals surface area contributed by atoms with Gasteiger partial charge in [-0.25, -0.2) is 0 Å². The third-order valence-electron chi connectivity index (χ3n) is 4.44. The van der Waals surface area contributed by atoms with Crippen molar-refractivity contribution in [3.05, 3.63) is 41.2 Å². The van der Waals surface area contributed by atoms with Gasteiger partial charge >= 0.3 is 0 Å². The van der Waals surface area contributed by atoms with Gasteiger partial charge in [-0.3, -0.25) is 9.59 Å². The Morgan fingerprint density at radius 3 is 2.65 bits per heavy atom. The minimum atomic E-state index is -0.555. The Morgan fingerprint density at radius 2 is 2.04 bits per heavy atom. The molecule has 0 bridgehead atoms. The first-order chi connectivity index (χ1) is 12.4. The fourth-order valence-electron chi connectivity index (χ4n) is 3.27. The third kappa shape index (κ3) is 4.26. The van der Waals surface area contributed by atoms with Crippen molar-refractivity contribution in [3.8, 4) is 5.75 Å². The fraction of sp³-hybridized carbons (Fsp3) is 0.524. The van der Waals surface area contributed by atoms with Gasteiger partial charge in [-0.1, -0.05) is 39.3 Å². The van der Waals surface area contributed by atoms with Crippen LogP contribution in [0.2, 0.25) is 0 Å². The van der Waals surface area contributed by atoms with Crippen LogP contribution in [-0.2, 0) is 9.59 Å². The summed E-state index contributed by atoms with van der Waals surface area (Å²) in [4.78, 5) is 27.0. The Hall–Kier alpha value is -2.30. The number of aliphatic hydroxyl groups excluding tert-OH is 1. The van der Waals surface area contributed by atoms with Crippen molar-refractivity contribution in [3.63, 3.8) is 0 Å². The van der Waals surface area contributed by atoms with Crippen molar-refractivity contribution in [1.82, 2.24) is 4.90 Å². The molecule has 1 aromatic carbocycles. The number of Topliss-reactive ketones (excluding diaryl/α,β-unsaturated/α-hetero) is 1. The molecule has 0 aromatic heterocycles. The summed E-state index contributed by atoms with van der Waals surface area (Å²) in [6.45, 7) is 8.89. The van der Waals surface area contributed by atoms with Gasteiger partial charge < -0.3 is 14.7 Å². The van der Waals surface area contributed by atoms with E-state index < -0.39 is 17.7 Å². The lowest BCUT2D eigenvalue weighted by Gasteiger charge is -2.27. The molecule has 1 atom stereocenters. The van der Waals surface area contributed by atoms with E-state index in [1.165, 1.54) is 0 Å². The molecule has 1 N–H and O–H groups in total. The van der Waals surface area contributed by atoms with Crippen LogP contribution in [0.1, 0.15) is 58.6 Å². The molecule has 0 spiro atoms. The zero-order chi connectivity index (χ0) is 19.3. The van der Waals surface area contributed by atoms with E-state index in [9.17, 15) is 14.7 Å². The zero-order valence-electron chi connectivity index (χ0n) is 16.1. The molecule has 5 nitrogen and oxygen atoms in total. The standard InChI is InChI=1S/C21H29NO4/c1-5-7-11-22-19(15-9-8-10-16(13-15)26-6-2)18(20(24)21(22)25)17(23)12-14(3)4/h8-10,13-14,19,24H,5-7,11-12H2,1-4H3. The van der Waals surface area contributed by atoms with Crippen LogP contribution in [0.25, 0.3) is 0 Å². The molecule has 0 aliphatic carbocycles. The molecule has 1 amide bonds. The Labute approximate surface area is 155 Å². The average molecular weight is 359 g/mol. The Bertz CT molecular complexity index is 693. The highest BCUT2D eigenvalue weighted by Crippen LogP contribution is 2.39. The van der Waals surface area contributed by atoms with Crippen LogP contribution in [-0.4, -0.2) is 34.8 Å². The predicted octanol–water partition coefficient (Wildman–Crippen LogP) is 4.20. The third-order valence-corrected chi connectivity index (χ3v) is 4.44. The van der Waals surface area contributed by atoms with Gasteiger partial charge in [0.05, 0.1) is 18.2 Å². The molecule has 0 radical (unpaired) electrons. The van der Waals surface area contributed by atoms with E-state index in [4.69, 9.17) is 4.74 Å². The SMILES string of the molecule is CCCCN1C(=O)C(O)=C(C(=O)CC(C)C)C1c1cccc(OCC)c1. The number of benzene rings is 1. The van der Waals surface area contributed by atoms with Crippen LogP contribution >= 0.6 is 0 Å². The van der Waals surface area contributed by atoms with E-state index >= 15 is 0 Å². The summed E-state index contributed by atoms with van der Waals surface area (Å²) in [6, 6.07) is 6.87. The first-order valence-corrected chi connectivity index (χ1v) is 9.40. The van der Waals surface area contributed by atoms with Crippen LogP contribution in [0.5, 0.6) is 5.75 Å². The smallest absolute Gasteiger partial charge is 0.290 e. The summed E-state index contributed by atoms with van der Waals surface area (Å²) in [5, 5.41) is 10.5. The highest BCUT2D eigenvalue weighted by atomic mass is 16.5. The number of amides is 1. The number of unbranched alkanes of at least 4 members (excludes halogenated alkanes) is 1. The highest BCUT2D eigenvalue weighted by molar-refractivity contribution is 6.09. The van der Waals surface area contributed by atoms with Crippen molar-refractivity contribution in [2.75, 3.05) is 13.2 Å². The lowest BCUT2D eigenvalue weighted by atomic mass is 9.92. The Kier molecular flexibility index (Phi) is 6.83. The molecule has 26 heavy (non-hydrogen) atoms. The monoisotopic (exact) mass is 359 g/mol. The fourth-order valence-corrected chi connectivity index (χ4v) is 3.27. The summed E-state index contributed by atoms with van der Waals surface area (Å²) < 4.78 is 5.57. The van der Waals surface area contributed by atoms with Crippen LogP contribution in [0.15, 0.2) is 35.6 Å². The van der Waals surface area contributed by atoms with E-state index in [1.54, 1.807) is 4.90 Å². The van der Waals surface area contributed by atoms with E-state index in [-0.39, 0.29) is 17.3 Å². The number of rotatable bonds is 9. The van der Waals surface area contributed by atoms with Crippen molar-refractivity contribution in [2.24, 2.45) is 5.92 Å². The largest absolute Gasteiger partial charge is 0.503 e. The number of ketones is 1. The summed E-state index contributed by atoms with van der Waals surface area (Å²) >= 11 is 0. The van der Waals surface area contributed by atoms with Crippen molar-refractivity contribution < 1.29 is 19.4 Å². The lowest BCUT2D eigenvalue weighted by molar-refractivity contribution is -0.129. The molecular weight excluding hydrogens is 330 g/mol. The minimum absolute atomic E-state index is 0.151. The van der Waals surface area contributed by atoms with Gasteiger partial charge in [-0.2, -0.15) is 0 Å². The first-order valence-electron chi connectivity index (χ1n) is 9.40. The van der Waals surface area contributed by atoms with Crippen LogP contribution < -0.4 is 4.74 Å². The molecule has 1 aliphatic heterocycles. The second kappa shape index (κ2) is 8.88. The highest BCUT2D eigenvalue weighted by Gasteiger charge is 2.43. The van der Waals surface area contributed by atoms with E-state index in [1.807, 2.05) is 52.0 Å². The quantitative estimate of drug-likeness (QED) is 0.718. The zero-order valence-corrected chi connectivity index (χ0v) is 16.1. The van der Waals surface area contributed by atoms with Gasteiger partial charge in [-0.15, -0.1) is 0 Å². The van der Waals surface area contributed by atoms with Gasteiger partial charge in [0.1, 0.15) is 5.75 Å². The van der Waals surface area contributed by atoms with Crippen LogP contribution in [0.3, 0.4) is 0 Å². The van der Waals surface area contributed by atoms with Crippen molar-refractivity contribution in [1.29, 1.82) is 0 Å². The van der Waals surface area contributed by atoms with Crippen LogP contribution in [0, 0.1) is 5.92 Å². The number of ether oxygens (including phenoxy) is 1. The molecule has 142 valence electrons. The van der Waals surface area contributed by atoms with E-state index in [0.717, 1.165) is 18.4 Å². The molecule has 1 aromatic rings. The molecule has 0 saturated heterocycles. The number of hydrogen-bond donors (Lipinski definition) is 1. The lowest BCUT2D eigenvalue weighted by Crippen LogP contribution is -2.32. The minimum Gasteiger partial charge on any atom is -0.503 e. The molecule has 5 heteroatoms. The maximum atomic E-state index is 12.8. The number of aliphatic hydroxyl groups is 1. The Morgan fingerprint density at radius 1 is 1.31 bits per heavy atom. The number of hydrogen-bond acceptors (Lipinski definition) is 4. The maximum absolute atomic E-state index is 12.8. The average Bonchev–Trinajstić information content (AvgIpc) is 2.84. The molecular formula is C21H29NO4. The summed E-state index contributed by atoms with van der Waals surface area (Å²) in [7, 11) is 0. The van der Waals surface area contributed by atoms with Gasteiger partial charge in [0, 0.05) is 13.0 Å². The number of nitrogens with zero attached hydrogens (tertiary/aromatic N) is 1. The van der Waals surface area contributed by atoms with Crippen molar-refractivity contribution >= 4 is 11.7 Å². The molecule has 2 rings (SSSR count). The molecule has 1 aliphatic rings. The van der Waals surface area contributed by atoms with Gasteiger partial charge in [-0.05, 0) is 37.0 Å². The van der Waals surface area contributed by atoms with Gasteiger partial charge in [0.15, 0.2) is 11.5 Å². The van der Waals surface area contributed by atoms with Crippen LogP contribution in [0.4, 0.5) is 0 Å². The number of carbonyl (C=O) groups excluding carboxylic acids is 2. The molecule has 0 fully saturated rings. The summed E-state index contributed by atoms with van der Waals surface area (Å²) in [5.74, 6) is -0.194. The summed E-state index contributed by atoms with van der Waals surface area (Å²) in [5.41, 5.74) is 1.00. The Balaban J connectivity index is 2.47. The van der Waals surface area contributed by atoms with Gasteiger partial charge in [0.2, 0.25) is 0 Å². The maximum Gasteiger partial charge on any atom is 0.290 e. The molecule has 0 saturated carbocycles. The molecule has 1 unspecified atom stereocenters. The van der Waals surface area contributed by atoms with Gasteiger partial charge in [0.25, 0.3) is 5.91 Å². The normalized spacial score (nSPS) is 17.3. The van der Waals surface area contributed by atoms with Crippen molar-refractivity contribution in [2.45, 2.75) is 53.0 Å². The second-order valence-electron chi connectivity index (χ2n) is 7.04. The predicted molar refractivity (Wildman–Crippen MR) is 101 cm³/mol. The van der Waals surface area contributed by atoms with E-state index in [2.05, 4.69) is 0 Å².